The number of nitrogens with two attached hydrogens (primary N) is 1. The summed E-state index contributed by atoms with van der Waals surface area (Å²) >= 11 is 0. The van der Waals surface area contributed by atoms with Crippen LogP contribution in [-0.4, -0.2) is 16.5 Å². The van der Waals surface area contributed by atoms with Crippen LogP contribution in [0.5, 0.6) is 5.75 Å². The highest BCUT2D eigenvalue weighted by atomic mass is 16.5. The maximum Gasteiger partial charge on any atom is 0.146 e. The highest BCUT2D eigenvalue weighted by Gasteiger charge is 2.03. The lowest BCUT2D eigenvalue weighted by Crippen LogP contribution is -1.95. The lowest BCUT2D eigenvalue weighted by Gasteiger charge is -2.03. The number of anilines is 1. The number of imidazole rings is 1. The molecule has 0 saturated carbocycles. The summed E-state index contributed by atoms with van der Waals surface area (Å²) in [5.74, 6) is 0.665. The minimum absolute atomic E-state index is 0.618. The fourth-order valence-electron chi connectivity index (χ4n) is 1.34. The molecule has 0 fully saturated rings. The molecule has 0 aromatic carbocycles. The van der Waals surface area contributed by atoms with Gasteiger partial charge >= 0.3 is 0 Å². The first-order valence-electron chi connectivity index (χ1n) is 3.99. The molecule has 0 atom stereocenters. The molecule has 0 saturated heterocycles. The van der Waals surface area contributed by atoms with Crippen molar-refractivity contribution in [2.45, 2.75) is 6.92 Å². The highest BCUT2D eigenvalue weighted by molar-refractivity contribution is 5.59. The van der Waals surface area contributed by atoms with Crippen molar-refractivity contribution in [2.24, 2.45) is 0 Å². The molecular formula is C9H11N3O. The zero-order valence-electron chi connectivity index (χ0n) is 7.61. The smallest absolute Gasteiger partial charge is 0.146 e. The van der Waals surface area contributed by atoms with Crippen LogP contribution in [0.4, 0.5) is 5.69 Å². The number of ether oxygens (including phenoxy) is 1. The third kappa shape index (κ3) is 1.20. The molecule has 2 N–H and O–H groups in total. The second-order valence-electron chi connectivity index (χ2n) is 2.94. The fourth-order valence-corrected chi connectivity index (χ4v) is 1.34. The van der Waals surface area contributed by atoms with E-state index in [0.29, 0.717) is 11.4 Å². The number of nitrogen functional groups attached to an aromatic ring is 1. The maximum atomic E-state index is 5.73. The molecule has 0 aliphatic rings. The lowest BCUT2D eigenvalue weighted by atomic mass is 10.4. The standard InChI is InChI=1S/C9H11N3O/c1-6-4-12-5-7(10)8(13-2)3-9(12)11-6/h3-5H,10H2,1-2H3. The molecule has 0 radical (unpaired) electrons. The average Bonchev–Trinajstić information content (AvgIpc) is 2.42. The van der Waals surface area contributed by atoms with Crippen molar-refractivity contribution in [1.29, 1.82) is 0 Å². The molecule has 0 aliphatic carbocycles. The molecule has 2 heterocycles. The molecule has 0 amide bonds. The van der Waals surface area contributed by atoms with Crippen LogP contribution >= 0.6 is 0 Å². The van der Waals surface area contributed by atoms with Gasteiger partial charge in [-0.3, -0.25) is 0 Å². The van der Waals surface area contributed by atoms with Gasteiger partial charge in [0.2, 0.25) is 0 Å². The van der Waals surface area contributed by atoms with Crippen LogP contribution in [-0.2, 0) is 0 Å². The Balaban J connectivity index is 2.72. The largest absolute Gasteiger partial charge is 0.494 e. The highest BCUT2D eigenvalue weighted by Crippen LogP contribution is 2.22. The van der Waals surface area contributed by atoms with Crippen LogP contribution in [0.25, 0.3) is 5.65 Å². The molecule has 13 heavy (non-hydrogen) atoms. The summed E-state index contributed by atoms with van der Waals surface area (Å²) in [7, 11) is 1.60. The van der Waals surface area contributed by atoms with E-state index in [0.717, 1.165) is 11.3 Å². The van der Waals surface area contributed by atoms with Crippen molar-refractivity contribution in [3.8, 4) is 5.75 Å². The van der Waals surface area contributed by atoms with Gasteiger partial charge in [-0.25, -0.2) is 4.98 Å². The summed E-state index contributed by atoms with van der Waals surface area (Å²) in [6.07, 6.45) is 3.72. The van der Waals surface area contributed by atoms with Gasteiger partial charge < -0.3 is 14.9 Å². The third-order valence-electron chi connectivity index (χ3n) is 1.92. The summed E-state index contributed by atoms with van der Waals surface area (Å²) in [6, 6.07) is 1.82. The molecule has 68 valence electrons. The number of aryl methyl sites for hydroxylation is 1. The summed E-state index contributed by atoms with van der Waals surface area (Å²) in [5, 5.41) is 0. The second kappa shape index (κ2) is 2.65. The monoisotopic (exact) mass is 177 g/mol. The Labute approximate surface area is 76.0 Å². The van der Waals surface area contributed by atoms with Crippen molar-refractivity contribution in [1.82, 2.24) is 9.38 Å². The third-order valence-corrected chi connectivity index (χ3v) is 1.92. The van der Waals surface area contributed by atoms with Gasteiger partial charge in [-0.15, -0.1) is 0 Å². The van der Waals surface area contributed by atoms with Gasteiger partial charge in [0.05, 0.1) is 18.5 Å². The van der Waals surface area contributed by atoms with Crippen molar-refractivity contribution in [2.75, 3.05) is 12.8 Å². The molecule has 2 aromatic heterocycles. The number of nitrogens with zero attached hydrogens (tertiary/aromatic N) is 2. The molecule has 4 nitrogen and oxygen atoms in total. The maximum absolute atomic E-state index is 5.73. The van der Waals surface area contributed by atoms with Crippen molar-refractivity contribution in [3.63, 3.8) is 0 Å². The van der Waals surface area contributed by atoms with Crippen molar-refractivity contribution < 1.29 is 4.74 Å². The minimum atomic E-state index is 0.618. The number of methoxy groups -OCH3 is 1. The zero-order valence-corrected chi connectivity index (χ0v) is 7.61. The quantitative estimate of drug-likeness (QED) is 0.712. The van der Waals surface area contributed by atoms with E-state index in [1.807, 2.05) is 23.6 Å². The Morgan fingerprint density at radius 3 is 2.92 bits per heavy atom. The van der Waals surface area contributed by atoms with Gasteiger partial charge in [-0.2, -0.15) is 0 Å². The number of fused-ring (bicyclic) bond motifs is 1. The zero-order chi connectivity index (χ0) is 9.42. The number of hydrogen-bond donors (Lipinski definition) is 1. The Hall–Kier alpha value is -1.71. The average molecular weight is 177 g/mol. The predicted octanol–water partition coefficient (Wildman–Crippen LogP) is 1.23. The van der Waals surface area contributed by atoms with Crippen LogP contribution in [0.1, 0.15) is 5.69 Å². The van der Waals surface area contributed by atoms with Gasteiger partial charge in [0, 0.05) is 18.5 Å². The molecule has 0 spiro atoms. The SMILES string of the molecule is COc1cc2nc(C)cn2cc1N. The number of aromatic nitrogens is 2. The molecule has 2 rings (SSSR count). The predicted molar refractivity (Wildman–Crippen MR) is 50.9 cm³/mol. The minimum Gasteiger partial charge on any atom is -0.494 e. The van der Waals surface area contributed by atoms with Gasteiger partial charge in [0.15, 0.2) is 0 Å². The molecular weight excluding hydrogens is 166 g/mol. The fraction of sp³-hybridized carbons (Fsp3) is 0.222. The van der Waals surface area contributed by atoms with E-state index < -0.39 is 0 Å². The normalized spacial score (nSPS) is 10.6. The van der Waals surface area contributed by atoms with Crippen LogP contribution in [0.3, 0.4) is 0 Å². The van der Waals surface area contributed by atoms with E-state index in [9.17, 15) is 0 Å². The van der Waals surface area contributed by atoms with E-state index in [4.69, 9.17) is 10.5 Å². The first kappa shape index (κ1) is 7.91. The van der Waals surface area contributed by atoms with Crippen LogP contribution in [0.15, 0.2) is 18.5 Å². The van der Waals surface area contributed by atoms with Crippen molar-refractivity contribution in [3.05, 3.63) is 24.2 Å². The van der Waals surface area contributed by atoms with Crippen molar-refractivity contribution >= 4 is 11.3 Å². The molecule has 2 aromatic rings. The van der Waals surface area contributed by atoms with Gasteiger partial charge in [-0.05, 0) is 6.92 Å². The van der Waals surface area contributed by atoms with E-state index >= 15 is 0 Å². The number of hydrogen-bond acceptors (Lipinski definition) is 3. The first-order valence-corrected chi connectivity index (χ1v) is 3.99. The van der Waals surface area contributed by atoms with E-state index in [-0.39, 0.29) is 0 Å². The molecule has 4 heteroatoms. The molecule has 0 unspecified atom stereocenters. The topological polar surface area (TPSA) is 52.5 Å². The Morgan fingerprint density at radius 2 is 2.23 bits per heavy atom. The lowest BCUT2D eigenvalue weighted by molar-refractivity contribution is 0.417. The Bertz CT molecular complexity index is 447. The van der Waals surface area contributed by atoms with Gasteiger partial charge in [0.1, 0.15) is 11.4 Å². The molecule has 0 bridgehead atoms. The van der Waals surface area contributed by atoms with Crippen LogP contribution in [0.2, 0.25) is 0 Å². The molecule has 0 aliphatic heterocycles. The number of rotatable bonds is 1. The summed E-state index contributed by atoms with van der Waals surface area (Å²) in [6.45, 7) is 1.94. The van der Waals surface area contributed by atoms with E-state index in [1.165, 1.54) is 0 Å². The van der Waals surface area contributed by atoms with Crippen LogP contribution < -0.4 is 10.5 Å². The van der Waals surface area contributed by atoms with Crippen LogP contribution in [0, 0.1) is 6.92 Å². The summed E-state index contributed by atoms with van der Waals surface area (Å²) in [4.78, 5) is 4.29. The van der Waals surface area contributed by atoms with E-state index in [2.05, 4.69) is 4.98 Å². The Morgan fingerprint density at radius 1 is 1.46 bits per heavy atom. The number of pyridine rings is 1. The summed E-state index contributed by atoms with van der Waals surface area (Å²) in [5.41, 5.74) is 8.17. The van der Waals surface area contributed by atoms with E-state index in [1.54, 1.807) is 13.3 Å². The summed E-state index contributed by atoms with van der Waals surface area (Å²) < 4.78 is 6.97. The van der Waals surface area contributed by atoms with Gasteiger partial charge in [0.25, 0.3) is 0 Å². The first-order chi connectivity index (χ1) is 6.20. The van der Waals surface area contributed by atoms with Gasteiger partial charge in [-0.1, -0.05) is 0 Å². The Kier molecular flexibility index (Phi) is 1.62. The second-order valence-corrected chi connectivity index (χ2v) is 2.94.